The van der Waals surface area contributed by atoms with Gasteiger partial charge in [0.05, 0.1) is 35.4 Å². The SMILES string of the molecule is Cl.Cl.Oc1cc(O)c([C@@H]2NC[C@H](O)[C@H]2O)c(O)c1[C@@H]1NC[C@H](O)[C@H]1O. The third kappa shape index (κ3) is 3.60. The number of phenolic OH excluding ortho intramolecular Hbond substituents is 3. The molecule has 0 saturated carbocycles. The van der Waals surface area contributed by atoms with Crippen molar-refractivity contribution in [3.8, 4) is 17.2 Å². The van der Waals surface area contributed by atoms with E-state index in [4.69, 9.17) is 0 Å². The van der Waals surface area contributed by atoms with Crippen LogP contribution in [0.4, 0.5) is 0 Å². The second-order valence-electron chi connectivity index (χ2n) is 5.98. The minimum atomic E-state index is -1.25. The topological polar surface area (TPSA) is 166 Å². The van der Waals surface area contributed by atoms with E-state index in [0.717, 1.165) is 6.07 Å². The van der Waals surface area contributed by atoms with E-state index in [1.54, 1.807) is 0 Å². The summed E-state index contributed by atoms with van der Waals surface area (Å²) in [4.78, 5) is 0. The van der Waals surface area contributed by atoms with Crippen LogP contribution in [0.2, 0.25) is 0 Å². The molecule has 0 amide bonds. The molecule has 2 aliphatic heterocycles. The first-order chi connectivity index (χ1) is 10.8. The fourth-order valence-electron chi connectivity index (χ4n) is 3.25. The van der Waals surface area contributed by atoms with Crippen LogP contribution in [0.15, 0.2) is 6.07 Å². The van der Waals surface area contributed by atoms with Gasteiger partial charge in [-0.1, -0.05) is 0 Å². The Balaban J connectivity index is 0.00000156. The highest BCUT2D eigenvalue weighted by molar-refractivity contribution is 5.85. The Bertz CT molecular complexity index is 573. The van der Waals surface area contributed by atoms with Gasteiger partial charge in [0.15, 0.2) is 0 Å². The molecule has 144 valence electrons. The van der Waals surface area contributed by atoms with Crippen LogP contribution in [0.5, 0.6) is 17.2 Å². The lowest BCUT2D eigenvalue weighted by atomic mass is 9.92. The Kier molecular flexibility index (Phi) is 7.13. The number of rotatable bonds is 2. The van der Waals surface area contributed by atoms with Gasteiger partial charge >= 0.3 is 0 Å². The molecule has 2 saturated heterocycles. The average Bonchev–Trinajstić information content (AvgIpc) is 2.97. The Labute approximate surface area is 155 Å². The molecule has 3 rings (SSSR count). The summed E-state index contributed by atoms with van der Waals surface area (Å²) < 4.78 is 0. The van der Waals surface area contributed by atoms with E-state index < -0.39 is 53.7 Å². The summed E-state index contributed by atoms with van der Waals surface area (Å²) in [6.07, 6.45) is -4.63. The zero-order valence-electron chi connectivity index (χ0n) is 12.9. The molecule has 0 unspecified atom stereocenters. The fraction of sp³-hybridized carbons (Fsp3) is 0.571. The predicted molar refractivity (Wildman–Crippen MR) is 91.4 cm³/mol. The van der Waals surface area contributed by atoms with Gasteiger partial charge < -0.3 is 46.4 Å². The minimum Gasteiger partial charge on any atom is -0.507 e. The number of β-amino-alcohol motifs (C(OH)–C–C–N with tert-alkyl or cyclic N) is 2. The van der Waals surface area contributed by atoms with Crippen molar-refractivity contribution in [1.29, 1.82) is 0 Å². The number of nitrogens with one attached hydrogen (secondary N) is 2. The molecule has 9 N–H and O–H groups in total. The van der Waals surface area contributed by atoms with Crippen LogP contribution in [0.1, 0.15) is 23.2 Å². The molecule has 9 nitrogen and oxygen atoms in total. The fourth-order valence-corrected chi connectivity index (χ4v) is 3.25. The number of aliphatic hydroxyl groups excluding tert-OH is 4. The van der Waals surface area contributed by atoms with Crippen molar-refractivity contribution >= 4 is 24.8 Å². The summed E-state index contributed by atoms with van der Waals surface area (Å²) in [5, 5.41) is 75.3. The molecule has 0 aliphatic carbocycles. The van der Waals surface area contributed by atoms with Gasteiger partial charge in [-0.3, -0.25) is 0 Å². The molecule has 1 aromatic rings. The van der Waals surface area contributed by atoms with Crippen LogP contribution in [-0.4, -0.2) is 73.3 Å². The van der Waals surface area contributed by atoms with Crippen molar-refractivity contribution in [2.24, 2.45) is 0 Å². The summed E-state index contributed by atoms with van der Waals surface area (Å²) in [6, 6.07) is -0.886. The van der Waals surface area contributed by atoms with E-state index in [1.807, 2.05) is 0 Å². The molecule has 2 fully saturated rings. The Morgan fingerprint density at radius 2 is 1.08 bits per heavy atom. The van der Waals surface area contributed by atoms with Crippen LogP contribution in [0.3, 0.4) is 0 Å². The van der Waals surface area contributed by atoms with Crippen molar-refractivity contribution in [2.75, 3.05) is 13.1 Å². The third-order valence-electron chi connectivity index (χ3n) is 4.52. The number of aliphatic hydroxyl groups is 4. The van der Waals surface area contributed by atoms with Gasteiger partial charge in [0, 0.05) is 19.2 Å². The minimum absolute atomic E-state index is 0. The summed E-state index contributed by atoms with van der Waals surface area (Å²) >= 11 is 0. The van der Waals surface area contributed by atoms with Crippen molar-refractivity contribution in [3.05, 3.63) is 17.2 Å². The summed E-state index contributed by atoms with van der Waals surface area (Å²) in [5.41, 5.74) is -0.172. The summed E-state index contributed by atoms with van der Waals surface area (Å²) in [7, 11) is 0. The lowest BCUT2D eigenvalue weighted by Crippen LogP contribution is -2.28. The van der Waals surface area contributed by atoms with E-state index in [9.17, 15) is 35.7 Å². The zero-order chi connectivity index (χ0) is 16.9. The monoisotopic (exact) mass is 400 g/mol. The highest BCUT2D eigenvalue weighted by Crippen LogP contribution is 2.47. The highest BCUT2D eigenvalue weighted by atomic mass is 35.5. The zero-order valence-corrected chi connectivity index (χ0v) is 14.5. The van der Waals surface area contributed by atoms with E-state index in [2.05, 4.69) is 10.6 Å². The number of hydrogen-bond donors (Lipinski definition) is 9. The first-order valence-electron chi connectivity index (χ1n) is 7.29. The van der Waals surface area contributed by atoms with Gasteiger partial charge in [0.25, 0.3) is 0 Å². The molecule has 11 heteroatoms. The quantitative estimate of drug-likeness (QED) is 0.283. The van der Waals surface area contributed by atoms with Gasteiger partial charge in [0.2, 0.25) is 0 Å². The molecule has 0 spiro atoms. The smallest absolute Gasteiger partial charge is 0.132 e. The first kappa shape index (κ1) is 22.0. The van der Waals surface area contributed by atoms with Gasteiger partial charge in [-0.05, 0) is 0 Å². The molecular weight excluding hydrogens is 379 g/mol. The van der Waals surface area contributed by atoms with Crippen LogP contribution in [-0.2, 0) is 0 Å². The molecule has 2 aliphatic rings. The maximum absolute atomic E-state index is 10.5. The summed E-state index contributed by atoms with van der Waals surface area (Å²) in [6.45, 7) is 0.147. The van der Waals surface area contributed by atoms with Gasteiger partial charge in [0.1, 0.15) is 29.5 Å². The van der Waals surface area contributed by atoms with Crippen LogP contribution < -0.4 is 10.6 Å². The van der Waals surface area contributed by atoms with Crippen LogP contribution in [0, 0.1) is 0 Å². The van der Waals surface area contributed by atoms with Crippen molar-refractivity contribution < 1.29 is 35.7 Å². The average molecular weight is 401 g/mol. The van der Waals surface area contributed by atoms with E-state index >= 15 is 0 Å². The first-order valence-corrected chi connectivity index (χ1v) is 7.29. The Hall–Kier alpha value is -1.04. The molecule has 2 heterocycles. The normalized spacial score (nSPS) is 34.4. The largest absolute Gasteiger partial charge is 0.507 e. The molecule has 0 radical (unpaired) electrons. The third-order valence-corrected chi connectivity index (χ3v) is 4.52. The van der Waals surface area contributed by atoms with Gasteiger partial charge in [-0.2, -0.15) is 0 Å². The number of halogens is 2. The molecular formula is C14H22Cl2N2O7. The van der Waals surface area contributed by atoms with Crippen molar-refractivity contribution in [1.82, 2.24) is 10.6 Å². The maximum Gasteiger partial charge on any atom is 0.132 e. The van der Waals surface area contributed by atoms with Gasteiger partial charge in [-0.25, -0.2) is 0 Å². The Morgan fingerprint density at radius 1 is 0.720 bits per heavy atom. The van der Waals surface area contributed by atoms with E-state index in [1.165, 1.54) is 0 Å². The molecule has 1 aromatic carbocycles. The van der Waals surface area contributed by atoms with E-state index in [0.29, 0.717) is 0 Å². The number of hydrogen-bond acceptors (Lipinski definition) is 9. The highest BCUT2D eigenvalue weighted by Gasteiger charge is 2.42. The molecule has 6 atom stereocenters. The second-order valence-corrected chi connectivity index (χ2v) is 5.98. The lowest BCUT2D eigenvalue weighted by molar-refractivity contribution is 0.0381. The predicted octanol–water partition coefficient (Wildman–Crippen LogP) is -1.62. The van der Waals surface area contributed by atoms with Crippen LogP contribution in [0.25, 0.3) is 0 Å². The van der Waals surface area contributed by atoms with Crippen LogP contribution >= 0.6 is 24.8 Å². The maximum atomic E-state index is 10.5. The lowest BCUT2D eigenvalue weighted by Gasteiger charge is -2.24. The van der Waals surface area contributed by atoms with Crippen molar-refractivity contribution in [2.45, 2.75) is 36.5 Å². The standard InChI is InChI=1S/C14H20N2O7.2ClH/c17-4-1-5(18)9(11-13(22)7(20)3-16-11)14(23)8(4)10-12(21)6(19)2-15-10;;/h1,6-7,10-13,15-23H,2-3H2;2*1H/t6-,7-,10-,11-,12+,13+;;/m0../s1. The number of aromatic hydroxyl groups is 3. The van der Waals surface area contributed by atoms with Gasteiger partial charge in [-0.15, -0.1) is 24.8 Å². The second kappa shape index (κ2) is 8.11. The summed E-state index contributed by atoms with van der Waals surface area (Å²) in [5.74, 6) is -1.43. The van der Waals surface area contributed by atoms with Crippen molar-refractivity contribution in [3.63, 3.8) is 0 Å². The molecule has 0 aromatic heterocycles. The number of benzene rings is 1. The molecule has 25 heavy (non-hydrogen) atoms. The Morgan fingerprint density at radius 3 is 1.36 bits per heavy atom. The van der Waals surface area contributed by atoms with E-state index in [-0.39, 0.29) is 49.0 Å². The molecule has 0 bridgehead atoms. The number of phenols is 3.